The van der Waals surface area contributed by atoms with Crippen molar-refractivity contribution < 1.29 is 4.79 Å². The lowest BCUT2D eigenvalue weighted by atomic mass is 10.1. The first kappa shape index (κ1) is 20.9. The summed E-state index contributed by atoms with van der Waals surface area (Å²) >= 11 is 0. The van der Waals surface area contributed by atoms with E-state index in [2.05, 4.69) is 25.2 Å². The Hall–Kier alpha value is -2.12. The van der Waals surface area contributed by atoms with Crippen molar-refractivity contribution in [1.29, 1.82) is 0 Å². The molecule has 2 aromatic heterocycles. The molecular formula is C16H22Cl2N6O. The van der Waals surface area contributed by atoms with E-state index < -0.39 is 0 Å². The van der Waals surface area contributed by atoms with E-state index in [4.69, 9.17) is 5.73 Å². The average molecular weight is 385 g/mol. The molecular weight excluding hydrogens is 363 g/mol. The number of carbonyl (C=O) groups excluding carboxylic acids is 1. The summed E-state index contributed by atoms with van der Waals surface area (Å²) in [6.45, 7) is 1.64. The summed E-state index contributed by atoms with van der Waals surface area (Å²) in [5.74, 6) is 0.690. The van der Waals surface area contributed by atoms with Crippen molar-refractivity contribution in [2.45, 2.75) is 25.3 Å². The summed E-state index contributed by atoms with van der Waals surface area (Å²) in [5.41, 5.74) is 6.91. The van der Waals surface area contributed by atoms with Gasteiger partial charge in [0, 0.05) is 37.2 Å². The number of nitrogen functional groups attached to an aromatic ring is 1. The Morgan fingerprint density at radius 1 is 1.24 bits per heavy atom. The molecule has 1 unspecified atom stereocenters. The third-order valence-electron chi connectivity index (χ3n) is 3.81. The first-order valence-corrected chi connectivity index (χ1v) is 7.72. The van der Waals surface area contributed by atoms with Gasteiger partial charge >= 0.3 is 0 Å². The van der Waals surface area contributed by atoms with E-state index in [1.807, 2.05) is 0 Å². The molecule has 3 N–H and O–H groups in total. The van der Waals surface area contributed by atoms with Crippen molar-refractivity contribution in [3.63, 3.8) is 0 Å². The average Bonchev–Trinajstić information content (AvgIpc) is 2.58. The standard InChI is InChI=1S/C16H20N6O.2ClH/c17-12-4-5-13(20-10-12)9-15(23)21-14-3-1-8-22(11-14)16-18-6-2-7-19-16;;/h2,4-7,10,14H,1,3,8-9,11,17H2,(H,21,23);2*1H. The minimum atomic E-state index is -0.0249. The van der Waals surface area contributed by atoms with Gasteiger partial charge in [-0.3, -0.25) is 9.78 Å². The Balaban J connectivity index is 0.00000156. The van der Waals surface area contributed by atoms with E-state index in [1.54, 1.807) is 36.8 Å². The quantitative estimate of drug-likeness (QED) is 0.830. The maximum atomic E-state index is 12.2. The second kappa shape index (κ2) is 10.0. The molecule has 1 amide bonds. The van der Waals surface area contributed by atoms with Crippen LogP contribution in [0.3, 0.4) is 0 Å². The number of aromatic nitrogens is 3. The van der Waals surface area contributed by atoms with Gasteiger partial charge in [-0.25, -0.2) is 9.97 Å². The molecule has 0 aromatic carbocycles. The molecule has 7 nitrogen and oxygen atoms in total. The van der Waals surface area contributed by atoms with Crippen LogP contribution in [0.1, 0.15) is 18.5 Å². The minimum Gasteiger partial charge on any atom is -0.397 e. The van der Waals surface area contributed by atoms with E-state index in [1.165, 1.54) is 0 Å². The molecule has 0 bridgehead atoms. The van der Waals surface area contributed by atoms with E-state index in [-0.39, 0.29) is 43.2 Å². The maximum absolute atomic E-state index is 12.2. The SMILES string of the molecule is Cl.Cl.Nc1ccc(CC(=O)NC2CCCN(c3ncccn3)C2)nc1. The predicted molar refractivity (Wildman–Crippen MR) is 102 cm³/mol. The lowest BCUT2D eigenvalue weighted by molar-refractivity contribution is -0.121. The lowest BCUT2D eigenvalue weighted by Crippen LogP contribution is -2.48. The van der Waals surface area contributed by atoms with Crippen LogP contribution in [0.25, 0.3) is 0 Å². The second-order valence-corrected chi connectivity index (χ2v) is 5.66. The number of halogens is 2. The number of rotatable bonds is 4. The Bertz CT molecular complexity index is 655. The highest BCUT2D eigenvalue weighted by Crippen LogP contribution is 2.15. The van der Waals surface area contributed by atoms with Gasteiger partial charge < -0.3 is 16.0 Å². The summed E-state index contributed by atoms with van der Waals surface area (Å²) in [6, 6.07) is 5.44. The topological polar surface area (TPSA) is 97.0 Å². The molecule has 2 aromatic rings. The van der Waals surface area contributed by atoms with Crippen LogP contribution < -0.4 is 16.0 Å². The number of nitrogens with one attached hydrogen (secondary N) is 1. The highest BCUT2D eigenvalue weighted by molar-refractivity contribution is 5.85. The second-order valence-electron chi connectivity index (χ2n) is 5.66. The zero-order chi connectivity index (χ0) is 16.1. The molecule has 3 heterocycles. The molecule has 1 atom stereocenters. The molecule has 1 saturated heterocycles. The van der Waals surface area contributed by atoms with E-state index in [0.29, 0.717) is 11.6 Å². The first-order valence-electron chi connectivity index (χ1n) is 7.72. The van der Waals surface area contributed by atoms with Crippen molar-refractivity contribution in [2.75, 3.05) is 23.7 Å². The van der Waals surface area contributed by atoms with Crippen molar-refractivity contribution in [2.24, 2.45) is 0 Å². The number of hydrogen-bond donors (Lipinski definition) is 2. The largest absolute Gasteiger partial charge is 0.397 e. The van der Waals surface area contributed by atoms with Crippen molar-refractivity contribution >= 4 is 42.4 Å². The molecule has 0 saturated carbocycles. The van der Waals surface area contributed by atoms with Crippen LogP contribution in [0.4, 0.5) is 11.6 Å². The Kier molecular flexibility index (Phi) is 8.37. The van der Waals surface area contributed by atoms with Crippen LogP contribution in [0, 0.1) is 0 Å². The summed E-state index contributed by atoms with van der Waals surface area (Å²) in [5, 5.41) is 3.07. The number of amides is 1. The van der Waals surface area contributed by atoms with Crippen molar-refractivity contribution in [1.82, 2.24) is 20.3 Å². The first-order chi connectivity index (χ1) is 11.2. The summed E-state index contributed by atoms with van der Waals surface area (Å²) in [6.07, 6.45) is 7.26. The monoisotopic (exact) mass is 384 g/mol. The fourth-order valence-corrected chi connectivity index (χ4v) is 2.71. The molecule has 25 heavy (non-hydrogen) atoms. The van der Waals surface area contributed by atoms with Crippen LogP contribution in [0.5, 0.6) is 0 Å². The highest BCUT2D eigenvalue weighted by Gasteiger charge is 2.23. The molecule has 9 heteroatoms. The number of pyridine rings is 1. The number of hydrogen-bond acceptors (Lipinski definition) is 6. The van der Waals surface area contributed by atoms with Gasteiger partial charge in [0.05, 0.1) is 18.3 Å². The number of carbonyl (C=O) groups is 1. The summed E-state index contributed by atoms with van der Waals surface area (Å²) < 4.78 is 0. The molecule has 1 aliphatic rings. The van der Waals surface area contributed by atoms with Crippen LogP contribution in [-0.4, -0.2) is 40.0 Å². The zero-order valence-electron chi connectivity index (χ0n) is 13.7. The predicted octanol–water partition coefficient (Wildman–Crippen LogP) is 1.63. The third kappa shape index (κ3) is 6.03. The molecule has 1 fully saturated rings. The number of piperidine rings is 1. The van der Waals surface area contributed by atoms with Gasteiger partial charge in [0.25, 0.3) is 0 Å². The van der Waals surface area contributed by atoms with Gasteiger partial charge in [0.15, 0.2) is 0 Å². The zero-order valence-corrected chi connectivity index (χ0v) is 15.3. The summed E-state index contributed by atoms with van der Waals surface area (Å²) in [4.78, 5) is 27.0. The van der Waals surface area contributed by atoms with Gasteiger partial charge in [-0.2, -0.15) is 0 Å². The molecule has 0 spiro atoms. The van der Waals surface area contributed by atoms with E-state index in [0.717, 1.165) is 31.6 Å². The van der Waals surface area contributed by atoms with Gasteiger partial charge in [0.2, 0.25) is 11.9 Å². The molecule has 0 aliphatic carbocycles. The minimum absolute atomic E-state index is 0. The fraction of sp³-hybridized carbons (Fsp3) is 0.375. The van der Waals surface area contributed by atoms with Crippen LogP contribution >= 0.6 is 24.8 Å². The Labute approximate surface area is 159 Å². The van der Waals surface area contributed by atoms with E-state index >= 15 is 0 Å². The van der Waals surface area contributed by atoms with E-state index in [9.17, 15) is 4.79 Å². The molecule has 1 aliphatic heterocycles. The third-order valence-corrected chi connectivity index (χ3v) is 3.81. The normalized spacial score (nSPS) is 16.3. The summed E-state index contributed by atoms with van der Waals surface area (Å²) in [7, 11) is 0. The number of nitrogens with zero attached hydrogens (tertiary/aromatic N) is 4. The molecule has 0 radical (unpaired) electrons. The number of anilines is 2. The van der Waals surface area contributed by atoms with Gasteiger partial charge in [-0.15, -0.1) is 24.8 Å². The molecule has 136 valence electrons. The number of nitrogens with two attached hydrogens (primary N) is 1. The lowest BCUT2D eigenvalue weighted by Gasteiger charge is -2.33. The van der Waals surface area contributed by atoms with Crippen LogP contribution in [-0.2, 0) is 11.2 Å². The fourth-order valence-electron chi connectivity index (χ4n) is 2.71. The maximum Gasteiger partial charge on any atom is 0.226 e. The molecule has 3 rings (SSSR count). The van der Waals surface area contributed by atoms with Crippen molar-refractivity contribution in [3.05, 3.63) is 42.5 Å². The van der Waals surface area contributed by atoms with Crippen LogP contribution in [0.2, 0.25) is 0 Å². The van der Waals surface area contributed by atoms with Crippen LogP contribution in [0.15, 0.2) is 36.8 Å². The van der Waals surface area contributed by atoms with Gasteiger partial charge in [-0.05, 0) is 31.0 Å². The van der Waals surface area contributed by atoms with Crippen molar-refractivity contribution in [3.8, 4) is 0 Å². The van der Waals surface area contributed by atoms with Gasteiger partial charge in [-0.1, -0.05) is 0 Å². The Morgan fingerprint density at radius 2 is 2.00 bits per heavy atom. The highest BCUT2D eigenvalue weighted by atomic mass is 35.5. The smallest absolute Gasteiger partial charge is 0.226 e. The van der Waals surface area contributed by atoms with Gasteiger partial charge in [0.1, 0.15) is 0 Å². The Morgan fingerprint density at radius 3 is 2.68 bits per heavy atom.